The average Bonchev–Trinajstić information content (AvgIpc) is 2.48. The third kappa shape index (κ3) is 3.51. The van der Waals surface area contributed by atoms with E-state index < -0.39 is 5.97 Å². The van der Waals surface area contributed by atoms with Crippen LogP contribution in [-0.2, 0) is 11.3 Å². The Morgan fingerprint density at radius 3 is 2.48 bits per heavy atom. The number of nitrogen functional groups attached to an aromatic ring is 1. The molecule has 110 valence electrons. The second-order valence-corrected chi connectivity index (χ2v) is 4.75. The Labute approximate surface area is 122 Å². The molecule has 0 fully saturated rings. The smallest absolute Gasteiger partial charge is 0.337 e. The fraction of sp³-hybridized carbons (Fsp3) is 0.188. The number of ether oxygens (including phenoxy) is 1. The molecule has 0 aliphatic rings. The molecule has 0 spiro atoms. The number of methoxy groups -OCH3 is 1. The van der Waals surface area contributed by atoms with Gasteiger partial charge in [-0.25, -0.2) is 9.18 Å². The molecule has 0 unspecified atom stereocenters. The van der Waals surface area contributed by atoms with E-state index >= 15 is 0 Å². The van der Waals surface area contributed by atoms with Crippen LogP contribution in [0.4, 0.5) is 15.8 Å². The number of carbonyl (C=O) groups excluding carboxylic acids is 1. The molecule has 0 saturated heterocycles. The molecule has 0 aliphatic heterocycles. The van der Waals surface area contributed by atoms with Crippen molar-refractivity contribution in [2.24, 2.45) is 0 Å². The molecule has 5 heteroatoms. The van der Waals surface area contributed by atoms with Gasteiger partial charge < -0.3 is 15.4 Å². The summed E-state index contributed by atoms with van der Waals surface area (Å²) in [4.78, 5) is 13.4. The summed E-state index contributed by atoms with van der Waals surface area (Å²) in [6.07, 6.45) is 0. The minimum atomic E-state index is -0.422. The van der Waals surface area contributed by atoms with Crippen molar-refractivity contribution in [3.05, 3.63) is 59.4 Å². The fourth-order valence-electron chi connectivity index (χ4n) is 2.10. The number of benzene rings is 2. The summed E-state index contributed by atoms with van der Waals surface area (Å²) >= 11 is 0. The summed E-state index contributed by atoms with van der Waals surface area (Å²) < 4.78 is 17.5. The zero-order chi connectivity index (χ0) is 15.4. The van der Waals surface area contributed by atoms with Crippen molar-refractivity contribution in [2.75, 3.05) is 24.8 Å². The molecule has 0 heterocycles. The lowest BCUT2D eigenvalue weighted by Crippen LogP contribution is -2.18. The lowest BCUT2D eigenvalue weighted by Gasteiger charge is -2.21. The van der Waals surface area contributed by atoms with Gasteiger partial charge in [-0.05, 0) is 35.9 Å². The number of nitrogens with zero attached hydrogens (tertiary/aromatic N) is 1. The van der Waals surface area contributed by atoms with Gasteiger partial charge in [0.2, 0.25) is 0 Å². The van der Waals surface area contributed by atoms with E-state index in [1.807, 2.05) is 11.9 Å². The first kappa shape index (κ1) is 14.8. The van der Waals surface area contributed by atoms with Gasteiger partial charge in [-0.15, -0.1) is 0 Å². The summed E-state index contributed by atoms with van der Waals surface area (Å²) in [6.45, 7) is 0.585. The Hall–Kier alpha value is -2.56. The minimum absolute atomic E-state index is 0.261. The maximum absolute atomic E-state index is 12.9. The van der Waals surface area contributed by atoms with Crippen molar-refractivity contribution in [1.82, 2.24) is 0 Å². The predicted molar refractivity (Wildman–Crippen MR) is 80.7 cm³/mol. The van der Waals surface area contributed by atoms with Crippen LogP contribution in [0.15, 0.2) is 42.5 Å². The Kier molecular flexibility index (Phi) is 4.42. The third-order valence-corrected chi connectivity index (χ3v) is 3.19. The molecule has 2 aromatic carbocycles. The molecule has 0 atom stereocenters. The number of esters is 1. The van der Waals surface area contributed by atoms with Crippen molar-refractivity contribution in [2.45, 2.75) is 6.54 Å². The maximum atomic E-state index is 12.9. The van der Waals surface area contributed by atoms with E-state index in [0.717, 1.165) is 11.3 Å². The van der Waals surface area contributed by atoms with Gasteiger partial charge in [-0.2, -0.15) is 0 Å². The van der Waals surface area contributed by atoms with Crippen molar-refractivity contribution in [3.8, 4) is 0 Å². The standard InChI is InChI=1S/C16H17FN2O2/c1-19(10-11-3-6-13(17)7-4-11)15-8-5-12(9-14(15)18)16(20)21-2/h3-9H,10,18H2,1-2H3. The number of carbonyl (C=O) groups is 1. The van der Waals surface area contributed by atoms with Crippen LogP contribution in [-0.4, -0.2) is 20.1 Å². The van der Waals surface area contributed by atoms with Crippen molar-refractivity contribution < 1.29 is 13.9 Å². The molecular formula is C16H17FN2O2. The van der Waals surface area contributed by atoms with E-state index in [1.54, 1.807) is 30.3 Å². The van der Waals surface area contributed by atoms with Crippen LogP contribution in [0.3, 0.4) is 0 Å². The van der Waals surface area contributed by atoms with Crippen LogP contribution in [0.25, 0.3) is 0 Å². The van der Waals surface area contributed by atoms with Crippen LogP contribution >= 0.6 is 0 Å². The summed E-state index contributed by atoms with van der Waals surface area (Å²) in [7, 11) is 3.21. The Morgan fingerprint density at radius 1 is 1.24 bits per heavy atom. The molecule has 0 aromatic heterocycles. The highest BCUT2D eigenvalue weighted by Crippen LogP contribution is 2.25. The molecule has 2 aromatic rings. The number of rotatable bonds is 4. The first-order valence-electron chi connectivity index (χ1n) is 6.44. The Balaban J connectivity index is 2.17. The van der Waals surface area contributed by atoms with Crippen LogP contribution < -0.4 is 10.6 Å². The van der Waals surface area contributed by atoms with E-state index in [2.05, 4.69) is 4.74 Å². The number of hydrogen-bond acceptors (Lipinski definition) is 4. The minimum Gasteiger partial charge on any atom is -0.465 e. The Bertz CT molecular complexity index is 641. The molecule has 0 amide bonds. The number of halogens is 1. The normalized spacial score (nSPS) is 10.2. The quantitative estimate of drug-likeness (QED) is 0.694. The molecule has 4 nitrogen and oxygen atoms in total. The lowest BCUT2D eigenvalue weighted by atomic mass is 10.1. The van der Waals surface area contributed by atoms with Gasteiger partial charge in [-0.1, -0.05) is 12.1 Å². The van der Waals surface area contributed by atoms with Gasteiger partial charge in [0.15, 0.2) is 0 Å². The van der Waals surface area contributed by atoms with Gasteiger partial charge in [0.05, 0.1) is 24.0 Å². The first-order valence-corrected chi connectivity index (χ1v) is 6.44. The third-order valence-electron chi connectivity index (χ3n) is 3.19. The molecule has 0 saturated carbocycles. The van der Waals surface area contributed by atoms with Gasteiger partial charge in [0.1, 0.15) is 5.82 Å². The van der Waals surface area contributed by atoms with E-state index in [4.69, 9.17) is 5.73 Å². The monoisotopic (exact) mass is 288 g/mol. The number of nitrogens with two attached hydrogens (primary N) is 1. The van der Waals surface area contributed by atoms with E-state index in [9.17, 15) is 9.18 Å². The van der Waals surface area contributed by atoms with Crippen LogP contribution in [0.1, 0.15) is 15.9 Å². The second kappa shape index (κ2) is 6.26. The zero-order valence-corrected chi connectivity index (χ0v) is 12.0. The molecule has 2 N–H and O–H groups in total. The SMILES string of the molecule is COC(=O)c1ccc(N(C)Cc2ccc(F)cc2)c(N)c1. The van der Waals surface area contributed by atoms with Crippen LogP contribution in [0.2, 0.25) is 0 Å². The summed E-state index contributed by atoms with van der Waals surface area (Å²) in [5.41, 5.74) is 8.65. The fourth-order valence-corrected chi connectivity index (χ4v) is 2.10. The van der Waals surface area contributed by atoms with E-state index in [1.165, 1.54) is 19.2 Å². The number of hydrogen-bond donors (Lipinski definition) is 1. The summed E-state index contributed by atoms with van der Waals surface area (Å²) in [5, 5.41) is 0. The van der Waals surface area contributed by atoms with Gasteiger partial charge in [0, 0.05) is 13.6 Å². The lowest BCUT2D eigenvalue weighted by molar-refractivity contribution is 0.0601. The average molecular weight is 288 g/mol. The molecule has 0 aliphatic carbocycles. The van der Waals surface area contributed by atoms with Crippen molar-refractivity contribution in [3.63, 3.8) is 0 Å². The number of anilines is 2. The van der Waals surface area contributed by atoms with Crippen LogP contribution in [0, 0.1) is 5.82 Å². The van der Waals surface area contributed by atoms with Crippen molar-refractivity contribution in [1.29, 1.82) is 0 Å². The largest absolute Gasteiger partial charge is 0.465 e. The van der Waals surface area contributed by atoms with Gasteiger partial charge in [-0.3, -0.25) is 0 Å². The zero-order valence-electron chi connectivity index (χ0n) is 12.0. The second-order valence-electron chi connectivity index (χ2n) is 4.75. The van der Waals surface area contributed by atoms with E-state index in [-0.39, 0.29) is 5.82 Å². The highest BCUT2D eigenvalue weighted by Gasteiger charge is 2.11. The molecule has 21 heavy (non-hydrogen) atoms. The van der Waals surface area contributed by atoms with Crippen molar-refractivity contribution >= 4 is 17.3 Å². The predicted octanol–water partition coefficient (Wildman–Crippen LogP) is 2.83. The summed E-state index contributed by atoms with van der Waals surface area (Å²) in [5.74, 6) is -0.683. The van der Waals surface area contributed by atoms with Crippen LogP contribution in [0.5, 0.6) is 0 Å². The van der Waals surface area contributed by atoms with Gasteiger partial charge >= 0.3 is 5.97 Å². The molecule has 0 radical (unpaired) electrons. The first-order chi connectivity index (χ1) is 10.0. The maximum Gasteiger partial charge on any atom is 0.337 e. The summed E-state index contributed by atoms with van der Waals surface area (Å²) in [6, 6.07) is 11.3. The van der Waals surface area contributed by atoms with Gasteiger partial charge in [0.25, 0.3) is 0 Å². The van der Waals surface area contributed by atoms with E-state index in [0.29, 0.717) is 17.8 Å². The molecule has 0 bridgehead atoms. The Morgan fingerprint density at radius 2 is 1.90 bits per heavy atom. The highest BCUT2D eigenvalue weighted by atomic mass is 19.1. The topological polar surface area (TPSA) is 55.6 Å². The molecule has 2 rings (SSSR count). The highest BCUT2D eigenvalue weighted by molar-refractivity contribution is 5.91. The molecular weight excluding hydrogens is 271 g/mol.